The van der Waals surface area contributed by atoms with Crippen molar-refractivity contribution < 1.29 is 17.6 Å². The number of rotatable bonds is 3. The number of hydrogen-bond donors (Lipinski definition) is 0. The molecule has 3 rings (SSSR count). The molecule has 1 heterocycles. The standard InChI is InChI=1S/C17H16BrFN2O3S/c18-14-4-2-6-16(12-14)25(23,24)21-9-7-20(8-10-21)17(22)13-3-1-5-15(19)11-13/h1-6,11-12H,7-10H2. The second-order valence-corrected chi connectivity index (χ2v) is 8.52. The molecule has 1 fully saturated rings. The minimum Gasteiger partial charge on any atom is -0.336 e. The zero-order valence-corrected chi connectivity index (χ0v) is 15.6. The molecule has 1 amide bonds. The van der Waals surface area contributed by atoms with Crippen molar-refractivity contribution >= 4 is 31.9 Å². The van der Waals surface area contributed by atoms with Gasteiger partial charge in [-0.1, -0.05) is 28.1 Å². The molecule has 1 aliphatic rings. The number of halogens is 2. The quantitative estimate of drug-likeness (QED) is 0.757. The fourth-order valence-corrected chi connectivity index (χ4v) is 4.73. The minimum absolute atomic E-state index is 0.204. The van der Waals surface area contributed by atoms with Crippen molar-refractivity contribution in [1.29, 1.82) is 0 Å². The molecule has 1 saturated heterocycles. The molecule has 2 aromatic rings. The lowest BCUT2D eigenvalue weighted by Crippen LogP contribution is -2.50. The van der Waals surface area contributed by atoms with Crippen LogP contribution in [0.5, 0.6) is 0 Å². The van der Waals surface area contributed by atoms with Crippen molar-refractivity contribution in [2.75, 3.05) is 26.2 Å². The molecule has 0 N–H and O–H groups in total. The van der Waals surface area contributed by atoms with Gasteiger partial charge in [-0.25, -0.2) is 12.8 Å². The van der Waals surface area contributed by atoms with E-state index in [-0.39, 0.29) is 42.5 Å². The van der Waals surface area contributed by atoms with Gasteiger partial charge in [0.15, 0.2) is 0 Å². The van der Waals surface area contributed by atoms with Gasteiger partial charge in [-0.3, -0.25) is 4.79 Å². The second-order valence-electron chi connectivity index (χ2n) is 5.66. The molecule has 0 atom stereocenters. The monoisotopic (exact) mass is 426 g/mol. The molecule has 0 bridgehead atoms. The van der Waals surface area contributed by atoms with Crippen LogP contribution in [0.1, 0.15) is 10.4 Å². The maximum absolute atomic E-state index is 13.3. The van der Waals surface area contributed by atoms with Gasteiger partial charge in [0.2, 0.25) is 10.0 Å². The maximum Gasteiger partial charge on any atom is 0.254 e. The molecule has 25 heavy (non-hydrogen) atoms. The molecule has 8 heteroatoms. The van der Waals surface area contributed by atoms with Gasteiger partial charge in [-0.05, 0) is 36.4 Å². The molecule has 132 valence electrons. The molecule has 5 nitrogen and oxygen atoms in total. The molecule has 2 aromatic carbocycles. The first kappa shape index (κ1) is 18.0. The normalized spacial score (nSPS) is 16.0. The average molecular weight is 427 g/mol. The van der Waals surface area contributed by atoms with Crippen molar-refractivity contribution in [3.05, 3.63) is 64.4 Å². The summed E-state index contributed by atoms with van der Waals surface area (Å²) in [5, 5.41) is 0. The van der Waals surface area contributed by atoms with Gasteiger partial charge in [0.05, 0.1) is 4.90 Å². The van der Waals surface area contributed by atoms with E-state index in [0.717, 1.165) is 0 Å². The minimum atomic E-state index is -3.60. The molecule has 1 aliphatic heterocycles. The third-order valence-electron chi connectivity index (χ3n) is 4.03. The lowest BCUT2D eigenvalue weighted by Gasteiger charge is -2.34. The Bertz CT molecular complexity index is 896. The Morgan fingerprint density at radius 3 is 2.32 bits per heavy atom. The van der Waals surface area contributed by atoms with Gasteiger partial charge >= 0.3 is 0 Å². The highest BCUT2D eigenvalue weighted by atomic mass is 79.9. The molecule has 0 aromatic heterocycles. The summed E-state index contributed by atoms with van der Waals surface area (Å²) < 4.78 is 40.7. The molecule has 0 spiro atoms. The Morgan fingerprint density at radius 1 is 1.00 bits per heavy atom. The number of carbonyl (C=O) groups excluding carboxylic acids is 1. The van der Waals surface area contributed by atoms with Crippen LogP contribution in [0, 0.1) is 5.82 Å². The van der Waals surface area contributed by atoms with Gasteiger partial charge in [0.1, 0.15) is 5.82 Å². The summed E-state index contributed by atoms with van der Waals surface area (Å²) in [6.07, 6.45) is 0. The number of amides is 1. The van der Waals surface area contributed by atoms with E-state index in [4.69, 9.17) is 0 Å². The molecular formula is C17H16BrFN2O3S. The summed E-state index contributed by atoms with van der Waals surface area (Å²) in [6.45, 7) is 0.941. The van der Waals surface area contributed by atoms with Crippen LogP contribution in [0.4, 0.5) is 4.39 Å². The zero-order valence-electron chi connectivity index (χ0n) is 13.2. The molecule has 0 saturated carbocycles. The van der Waals surface area contributed by atoms with Crippen molar-refractivity contribution in [2.24, 2.45) is 0 Å². The fraction of sp³-hybridized carbons (Fsp3) is 0.235. The number of piperazine rings is 1. The first-order valence-electron chi connectivity index (χ1n) is 7.68. The first-order valence-corrected chi connectivity index (χ1v) is 9.92. The maximum atomic E-state index is 13.3. The van der Waals surface area contributed by atoms with E-state index in [2.05, 4.69) is 15.9 Å². The SMILES string of the molecule is O=C(c1cccc(F)c1)N1CCN(S(=O)(=O)c2cccc(Br)c2)CC1. The summed E-state index contributed by atoms with van der Waals surface area (Å²) in [5.41, 5.74) is 0.267. The number of carbonyl (C=O) groups is 1. The van der Waals surface area contributed by atoms with Crippen molar-refractivity contribution in [3.63, 3.8) is 0 Å². The summed E-state index contributed by atoms with van der Waals surface area (Å²) in [7, 11) is -3.60. The molecule has 0 radical (unpaired) electrons. The summed E-state index contributed by atoms with van der Waals surface area (Å²) in [6, 6.07) is 12.0. The van der Waals surface area contributed by atoms with Crippen LogP contribution in [-0.4, -0.2) is 49.7 Å². The summed E-state index contributed by atoms with van der Waals surface area (Å²) in [5.74, 6) is -0.763. The van der Waals surface area contributed by atoms with E-state index in [1.807, 2.05) is 0 Å². The average Bonchev–Trinajstić information content (AvgIpc) is 2.61. The van der Waals surface area contributed by atoms with Crippen molar-refractivity contribution in [2.45, 2.75) is 4.90 Å². The van der Waals surface area contributed by atoms with Crippen LogP contribution < -0.4 is 0 Å². The summed E-state index contributed by atoms with van der Waals surface area (Å²) >= 11 is 3.27. The highest BCUT2D eigenvalue weighted by Gasteiger charge is 2.30. The smallest absolute Gasteiger partial charge is 0.254 e. The van der Waals surface area contributed by atoms with Gasteiger partial charge < -0.3 is 4.90 Å². The Morgan fingerprint density at radius 2 is 1.68 bits per heavy atom. The largest absolute Gasteiger partial charge is 0.336 e. The van der Waals surface area contributed by atoms with Gasteiger partial charge in [0, 0.05) is 36.2 Å². The van der Waals surface area contributed by atoms with Gasteiger partial charge in [0.25, 0.3) is 5.91 Å². The number of nitrogens with zero attached hydrogens (tertiary/aromatic N) is 2. The van der Waals surface area contributed by atoms with Gasteiger partial charge in [-0.2, -0.15) is 4.31 Å². The third-order valence-corrected chi connectivity index (χ3v) is 6.42. The molecular weight excluding hydrogens is 411 g/mol. The van der Waals surface area contributed by atoms with E-state index in [1.54, 1.807) is 35.2 Å². The summed E-state index contributed by atoms with van der Waals surface area (Å²) in [4.78, 5) is 14.2. The van der Waals surface area contributed by atoms with Crippen LogP contribution >= 0.6 is 15.9 Å². The van der Waals surface area contributed by atoms with Crippen LogP contribution in [0.2, 0.25) is 0 Å². The Kier molecular flexibility index (Phi) is 5.21. The number of benzene rings is 2. The van der Waals surface area contributed by atoms with E-state index in [1.165, 1.54) is 22.5 Å². The molecule has 0 aliphatic carbocycles. The first-order chi connectivity index (χ1) is 11.9. The van der Waals surface area contributed by atoms with Crippen LogP contribution in [0.25, 0.3) is 0 Å². The second kappa shape index (κ2) is 7.23. The van der Waals surface area contributed by atoms with Crippen molar-refractivity contribution in [3.8, 4) is 0 Å². The predicted molar refractivity (Wildman–Crippen MR) is 95.2 cm³/mol. The molecule has 0 unspecified atom stereocenters. The van der Waals surface area contributed by atoms with Crippen LogP contribution in [0.3, 0.4) is 0 Å². The van der Waals surface area contributed by atoms with Gasteiger partial charge in [-0.15, -0.1) is 0 Å². The third kappa shape index (κ3) is 3.91. The highest BCUT2D eigenvalue weighted by molar-refractivity contribution is 9.10. The zero-order chi connectivity index (χ0) is 18.0. The van der Waals surface area contributed by atoms with E-state index in [0.29, 0.717) is 4.47 Å². The Hall–Kier alpha value is -1.77. The van der Waals surface area contributed by atoms with Crippen LogP contribution in [0.15, 0.2) is 57.9 Å². The number of hydrogen-bond acceptors (Lipinski definition) is 3. The van der Waals surface area contributed by atoms with E-state index < -0.39 is 15.8 Å². The van der Waals surface area contributed by atoms with Crippen LogP contribution in [-0.2, 0) is 10.0 Å². The topological polar surface area (TPSA) is 57.7 Å². The highest BCUT2D eigenvalue weighted by Crippen LogP contribution is 2.21. The number of sulfonamides is 1. The van der Waals surface area contributed by atoms with Crippen molar-refractivity contribution in [1.82, 2.24) is 9.21 Å². The van der Waals surface area contributed by atoms with E-state index >= 15 is 0 Å². The fourth-order valence-electron chi connectivity index (χ4n) is 2.71. The van der Waals surface area contributed by atoms with E-state index in [9.17, 15) is 17.6 Å². The predicted octanol–water partition coefficient (Wildman–Crippen LogP) is 2.73. The lowest BCUT2D eigenvalue weighted by molar-refractivity contribution is 0.0697. The lowest BCUT2D eigenvalue weighted by atomic mass is 10.2. The Balaban J connectivity index is 1.70. The Labute approximate surface area is 154 Å².